The molecule has 0 radical (unpaired) electrons. The van der Waals surface area contributed by atoms with Crippen LogP contribution in [0.15, 0.2) is 27.1 Å². The Morgan fingerprint density at radius 3 is 2.47 bits per heavy atom. The molecule has 1 aromatic rings. The van der Waals surface area contributed by atoms with Gasteiger partial charge >= 0.3 is 5.97 Å². The van der Waals surface area contributed by atoms with Crippen LogP contribution in [-0.2, 0) is 16.0 Å². The molecule has 0 aliphatic carbocycles. The van der Waals surface area contributed by atoms with Gasteiger partial charge < -0.3 is 4.74 Å². The number of benzene rings is 1. The van der Waals surface area contributed by atoms with Gasteiger partial charge in [-0.25, -0.2) is 0 Å². The molecule has 0 N–H and O–H groups in total. The first kappa shape index (κ1) is 12.7. The molecule has 0 aliphatic rings. The molecule has 0 fully saturated rings. The van der Waals surface area contributed by atoms with Crippen LogP contribution < -0.4 is 0 Å². The standard InChI is InChI=1S/C11H12Br2O2/c1-15-11(14)7-2-4-8-9(12)5-3-6-10(8)13/h3,5-6H,2,4,7H2,1H3. The molecule has 0 bridgehead atoms. The summed E-state index contributed by atoms with van der Waals surface area (Å²) in [5, 5.41) is 0. The zero-order valence-corrected chi connectivity index (χ0v) is 11.6. The second kappa shape index (κ2) is 6.28. The van der Waals surface area contributed by atoms with E-state index in [1.54, 1.807) is 0 Å². The van der Waals surface area contributed by atoms with Gasteiger partial charge in [0.2, 0.25) is 0 Å². The van der Waals surface area contributed by atoms with Crippen LogP contribution in [0.2, 0.25) is 0 Å². The quantitative estimate of drug-likeness (QED) is 0.784. The number of ether oxygens (including phenoxy) is 1. The summed E-state index contributed by atoms with van der Waals surface area (Å²) in [6, 6.07) is 5.97. The fraction of sp³-hybridized carbons (Fsp3) is 0.364. The molecule has 0 saturated heterocycles. The minimum atomic E-state index is -0.154. The van der Waals surface area contributed by atoms with Crippen LogP contribution in [0.1, 0.15) is 18.4 Å². The summed E-state index contributed by atoms with van der Waals surface area (Å²) in [4.78, 5) is 10.9. The maximum absolute atomic E-state index is 10.9. The number of methoxy groups -OCH3 is 1. The third-order valence-electron chi connectivity index (χ3n) is 2.10. The summed E-state index contributed by atoms with van der Waals surface area (Å²) < 4.78 is 6.73. The Hall–Kier alpha value is -0.350. The lowest BCUT2D eigenvalue weighted by molar-refractivity contribution is -0.140. The summed E-state index contributed by atoms with van der Waals surface area (Å²) in [6.07, 6.45) is 2.12. The molecule has 0 heterocycles. The fourth-order valence-electron chi connectivity index (χ4n) is 1.28. The molecule has 0 unspecified atom stereocenters. The SMILES string of the molecule is COC(=O)CCCc1c(Br)cccc1Br. The summed E-state index contributed by atoms with van der Waals surface area (Å²) in [5.41, 5.74) is 1.20. The van der Waals surface area contributed by atoms with Crippen LogP contribution in [0.25, 0.3) is 0 Å². The first-order chi connectivity index (χ1) is 7.15. The number of hydrogen-bond donors (Lipinski definition) is 0. The molecule has 1 aromatic carbocycles. The van der Waals surface area contributed by atoms with Crippen molar-refractivity contribution in [1.29, 1.82) is 0 Å². The van der Waals surface area contributed by atoms with Gasteiger partial charge in [0.15, 0.2) is 0 Å². The molecule has 0 aliphatic heterocycles. The van der Waals surface area contributed by atoms with Crippen molar-refractivity contribution in [2.45, 2.75) is 19.3 Å². The van der Waals surface area contributed by atoms with Crippen molar-refractivity contribution in [2.24, 2.45) is 0 Å². The number of esters is 1. The summed E-state index contributed by atoms with van der Waals surface area (Å²) in [6.45, 7) is 0. The summed E-state index contributed by atoms with van der Waals surface area (Å²) in [5.74, 6) is -0.154. The zero-order chi connectivity index (χ0) is 11.3. The van der Waals surface area contributed by atoms with E-state index in [2.05, 4.69) is 36.6 Å². The third-order valence-corrected chi connectivity index (χ3v) is 3.58. The predicted molar refractivity (Wildman–Crippen MR) is 66.8 cm³/mol. The zero-order valence-electron chi connectivity index (χ0n) is 8.43. The van der Waals surface area contributed by atoms with E-state index in [0.717, 1.165) is 21.8 Å². The highest BCUT2D eigenvalue weighted by molar-refractivity contribution is 9.11. The fourth-order valence-corrected chi connectivity index (χ4v) is 2.68. The van der Waals surface area contributed by atoms with Crippen LogP contribution in [0, 0.1) is 0 Å². The molecule has 0 saturated carbocycles. The van der Waals surface area contributed by atoms with Gasteiger partial charge in [0.05, 0.1) is 7.11 Å². The normalized spacial score (nSPS) is 10.1. The van der Waals surface area contributed by atoms with Crippen molar-refractivity contribution in [3.8, 4) is 0 Å². The van der Waals surface area contributed by atoms with Crippen molar-refractivity contribution < 1.29 is 9.53 Å². The van der Waals surface area contributed by atoms with Crippen LogP contribution >= 0.6 is 31.9 Å². The first-order valence-electron chi connectivity index (χ1n) is 4.65. The van der Waals surface area contributed by atoms with Gasteiger partial charge in [0.25, 0.3) is 0 Å². The maximum atomic E-state index is 10.9. The average molecular weight is 336 g/mol. The molecule has 0 atom stereocenters. The number of halogens is 2. The molecule has 82 valence electrons. The number of carbonyl (C=O) groups excluding carboxylic acids is 1. The van der Waals surface area contributed by atoms with Crippen molar-refractivity contribution in [3.63, 3.8) is 0 Å². The largest absolute Gasteiger partial charge is 0.469 e. The van der Waals surface area contributed by atoms with Gasteiger partial charge in [-0.15, -0.1) is 0 Å². The lowest BCUT2D eigenvalue weighted by Crippen LogP contribution is -2.01. The molecule has 2 nitrogen and oxygen atoms in total. The number of hydrogen-bond acceptors (Lipinski definition) is 2. The maximum Gasteiger partial charge on any atom is 0.305 e. The summed E-state index contributed by atoms with van der Waals surface area (Å²) in [7, 11) is 1.41. The van der Waals surface area contributed by atoms with Crippen LogP contribution in [-0.4, -0.2) is 13.1 Å². The Morgan fingerprint density at radius 1 is 1.33 bits per heavy atom. The number of carbonyl (C=O) groups is 1. The predicted octanol–water partition coefficient (Wildman–Crippen LogP) is 3.71. The minimum Gasteiger partial charge on any atom is -0.469 e. The van der Waals surface area contributed by atoms with Crippen molar-refractivity contribution in [3.05, 3.63) is 32.7 Å². The minimum absolute atomic E-state index is 0.154. The second-order valence-corrected chi connectivity index (χ2v) is 4.84. The molecule has 15 heavy (non-hydrogen) atoms. The van der Waals surface area contributed by atoms with Gasteiger partial charge in [-0.1, -0.05) is 37.9 Å². The van der Waals surface area contributed by atoms with E-state index in [9.17, 15) is 4.79 Å². The topological polar surface area (TPSA) is 26.3 Å². The Labute approximate surface area is 106 Å². The smallest absolute Gasteiger partial charge is 0.305 e. The van der Waals surface area contributed by atoms with Gasteiger partial charge in [-0.05, 0) is 30.5 Å². The Bertz CT molecular complexity index is 330. The van der Waals surface area contributed by atoms with Gasteiger partial charge in [0, 0.05) is 15.4 Å². The van der Waals surface area contributed by atoms with E-state index in [0.29, 0.717) is 6.42 Å². The third kappa shape index (κ3) is 3.95. The second-order valence-electron chi connectivity index (χ2n) is 3.13. The molecule has 0 aromatic heterocycles. The van der Waals surface area contributed by atoms with E-state index in [-0.39, 0.29) is 5.97 Å². The monoisotopic (exact) mass is 334 g/mol. The van der Waals surface area contributed by atoms with Gasteiger partial charge in [-0.2, -0.15) is 0 Å². The average Bonchev–Trinajstić information content (AvgIpc) is 2.22. The highest BCUT2D eigenvalue weighted by atomic mass is 79.9. The molecule has 1 rings (SSSR count). The van der Waals surface area contributed by atoms with Gasteiger partial charge in [-0.3, -0.25) is 4.79 Å². The van der Waals surface area contributed by atoms with Gasteiger partial charge in [0.1, 0.15) is 0 Å². The van der Waals surface area contributed by atoms with Crippen LogP contribution in [0.4, 0.5) is 0 Å². The van der Waals surface area contributed by atoms with Crippen molar-refractivity contribution in [1.82, 2.24) is 0 Å². The Balaban J connectivity index is 2.54. The van der Waals surface area contributed by atoms with Crippen LogP contribution in [0.3, 0.4) is 0 Å². The van der Waals surface area contributed by atoms with Crippen molar-refractivity contribution >= 4 is 37.8 Å². The van der Waals surface area contributed by atoms with Crippen LogP contribution in [0.5, 0.6) is 0 Å². The summed E-state index contributed by atoms with van der Waals surface area (Å²) >= 11 is 6.97. The van der Waals surface area contributed by atoms with E-state index >= 15 is 0 Å². The van der Waals surface area contributed by atoms with Crippen molar-refractivity contribution in [2.75, 3.05) is 7.11 Å². The van der Waals surface area contributed by atoms with E-state index in [1.165, 1.54) is 12.7 Å². The van der Waals surface area contributed by atoms with E-state index in [1.807, 2.05) is 18.2 Å². The van der Waals surface area contributed by atoms with E-state index < -0.39 is 0 Å². The molecule has 0 spiro atoms. The number of rotatable bonds is 4. The highest BCUT2D eigenvalue weighted by Crippen LogP contribution is 2.26. The Kier molecular flexibility index (Phi) is 5.32. The highest BCUT2D eigenvalue weighted by Gasteiger charge is 2.06. The molecule has 0 amide bonds. The van der Waals surface area contributed by atoms with E-state index in [4.69, 9.17) is 0 Å². The molecule has 4 heteroatoms. The lowest BCUT2D eigenvalue weighted by Gasteiger charge is -2.06. The lowest BCUT2D eigenvalue weighted by atomic mass is 10.1. The first-order valence-corrected chi connectivity index (χ1v) is 6.23. The molecular formula is C11H12Br2O2. The Morgan fingerprint density at radius 2 is 1.93 bits per heavy atom. The molecular weight excluding hydrogens is 324 g/mol.